The molecule has 0 aliphatic heterocycles. The van der Waals surface area contributed by atoms with Crippen LogP contribution in [0.2, 0.25) is 0 Å². The van der Waals surface area contributed by atoms with Gasteiger partial charge in [-0.3, -0.25) is 9.59 Å². The molecule has 0 spiro atoms. The zero-order valence-corrected chi connectivity index (χ0v) is 12.4. The minimum Gasteiger partial charge on any atom is -0.298 e. The minimum absolute atomic E-state index is 0.762. The maximum Gasteiger partial charge on any atom is 0.150 e. The van der Waals surface area contributed by atoms with Crippen molar-refractivity contribution in [3.63, 3.8) is 0 Å². The lowest BCUT2D eigenvalue weighted by atomic mass is 10.1. The highest BCUT2D eigenvalue weighted by atomic mass is 16.1. The van der Waals surface area contributed by atoms with Gasteiger partial charge in [-0.25, -0.2) is 0 Å². The quantitative estimate of drug-likeness (QED) is 0.764. The summed E-state index contributed by atoms with van der Waals surface area (Å²) in [5.74, 6) is 0. The average Bonchev–Trinajstić information content (AvgIpc) is 2.37. The standard InChI is InChI=1S/2C9H10O/c2*1-7-3-8(2)5-9(4-7)6-10/h2*3-6H,1-2H3. The van der Waals surface area contributed by atoms with Crippen LogP contribution in [-0.2, 0) is 0 Å². The molecule has 0 unspecified atom stereocenters. The van der Waals surface area contributed by atoms with Crippen LogP contribution in [0.1, 0.15) is 43.0 Å². The van der Waals surface area contributed by atoms with E-state index in [1.165, 1.54) is 0 Å². The fourth-order valence-electron chi connectivity index (χ4n) is 2.16. The Morgan fingerprint density at radius 3 is 1.00 bits per heavy atom. The van der Waals surface area contributed by atoms with Gasteiger partial charge in [0.2, 0.25) is 0 Å². The third-order valence-corrected chi connectivity index (χ3v) is 2.76. The summed E-state index contributed by atoms with van der Waals surface area (Å²) in [5.41, 5.74) is 6.09. The van der Waals surface area contributed by atoms with Crippen LogP contribution >= 0.6 is 0 Å². The molecule has 0 bridgehead atoms. The van der Waals surface area contributed by atoms with Crippen LogP contribution in [0.4, 0.5) is 0 Å². The van der Waals surface area contributed by atoms with Gasteiger partial charge in [-0.2, -0.15) is 0 Å². The zero-order valence-electron chi connectivity index (χ0n) is 12.4. The predicted molar refractivity (Wildman–Crippen MR) is 82.6 cm³/mol. The molecule has 0 N–H and O–H groups in total. The number of aldehydes is 2. The molecule has 20 heavy (non-hydrogen) atoms. The first kappa shape index (κ1) is 15.8. The lowest BCUT2D eigenvalue weighted by Crippen LogP contribution is -1.83. The van der Waals surface area contributed by atoms with E-state index < -0.39 is 0 Å². The summed E-state index contributed by atoms with van der Waals surface area (Å²) in [6.07, 6.45) is 1.75. The predicted octanol–water partition coefficient (Wildman–Crippen LogP) is 4.23. The molecule has 0 aliphatic carbocycles. The lowest BCUT2D eigenvalue weighted by molar-refractivity contribution is 0.111. The van der Waals surface area contributed by atoms with Crippen LogP contribution in [0.3, 0.4) is 0 Å². The molecule has 2 aromatic carbocycles. The monoisotopic (exact) mass is 268 g/mol. The molecule has 2 rings (SSSR count). The molecule has 0 heterocycles. The number of hydrogen-bond donors (Lipinski definition) is 0. The molecule has 2 nitrogen and oxygen atoms in total. The number of carbonyl (C=O) groups is 2. The molecule has 2 heteroatoms. The van der Waals surface area contributed by atoms with Crippen LogP contribution in [0.25, 0.3) is 0 Å². The third kappa shape index (κ3) is 5.19. The summed E-state index contributed by atoms with van der Waals surface area (Å²) in [5, 5.41) is 0. The molecule has 2 aromatic rings. The van der Waals surface area contributed by atoms with E-state index >= 15 is 0 Å². The SMILES string of the molecule is Cc1cc(C)cc(C=O)c1.Cc1cc(C)cc(C=O)c1. The Kier molecular flexibility index (Phi) is 5.85. The number of benzene rings is 2. The molecule has 0 radical (unpaired) electrons. The van der Waals surface area contributed by atoms with E-state index in [4.69, 9.17) is 0 Å². The zero-order chi connectivity index (χ0) is 15.1. The summed E-state index contributed by atoms with van der Waals surface area (Å²) in [4.78, 5) is 20.6. The second-order valence-corrected chi connectivity index (χ2v) is 5.08. The van der Waals surface area contributed by atoms with E-state index in [1.807, 2.05) is 64.1 Å². The molecule has 0 saturated carbocycles. The van der Waals surface area contributed by atoms with Gasteiger partial charge in [0.1, 0.15) is 12.6 Å². The molecule has 0 fully saturated rings. The van der Waals surface area contributed by atoms with Crippen molar-refractivity contribution in [1.82, 2.24) is 0 Å². The van der Waals surface area contributed by atoms with E-state index in [1.54, 1.807) is 0 Å². The van der Waals surface area contributed by atoms with Crippen molar-refractivity contribution in [3.8, 4) is 0 Å². The summed E-state index contributed by atoms with van der Waals surface area (Å²) < 4.78 is 0. The number of carbonyl (C=O) groups excluding carboxylic acids is 2. The van der Waals surface area contributed by atoms with Crippen molar-refractivity contribution in [2.24, 2.45) is 0 Å². The number of hydrogen-bond acceptors (Lipinski definition) is 2. The highest BCUT2D eigenvalue weighted by Crippen LogP contribution is 2.06. The summed E-state index contributed by atoms with van der Waals surface area (Å²) in [7, 11) is 0. The minimum atomic E-state index is 0.762. The Hall–Kier alpha value is -2.22. The van der Waals surface area contributed by atoms with Gasteiger partial charge in [0.15, 0.2) is 0 Å². The van der Waals surface area contributed by atoms with E-state index in [-0.39, 0.29) is 0 Å². The first-order valence-corrected chi connectivity index (χ1v) is 6.51. The first-order valence-electron chi connectivity index (χ1n) is 6.51. The van der Waals surface area contributed by atoms with Gasteiger partial charge in [0.05, 0.1) is 0 Å². The Labute approximate surface area is 120 Å². The normalized spacial score (nSPS) is 9.40. The van der Waals surface area contributed by atoms with Gasteiger partial charge in [-0.15, -0.1) is 0 Å². The lowest BCUT2D eigenvalue weighted by Gasteiger charge is -1.96. The Balaban J connectivity index is 0.000000200. The summed E-state index contributed by atoms with van der Waals surface area (Å²) in [6, 6.07) is 11.6. The van der Waals surface area contributed by atoms with Crippen molar-refractivity contribution in [1.29, 1.82) is 0 Å². The highest BCUT2D eigenvalue weighted by Gasteiger charge is 1.92. The van der Waals surface area contributed by atoms with Crippen LogP contribution in [0.5, 0.6) is 0 Å². The molecule has 0 aromatic heterocycles. The topological polar surface area (TPSA) is 34.1 Å². The maximum atomic E-state index is 10.3. The Morgan fingerprint density at radius 2 is 0.800 bits per heavy atom. The van der Waals surface area contributed by atoms with Gasteiger partial charge in [-0.05, 0) is 52.0 Å². The van der Waals surface area contributed by atoms with Crippen LogP contribution < -0.4 is 0 Å². The van der Waals surface area contributed by atoms with E-state index in [9.17, 15) is 9.59 Å². The Bertz CT molecular complexity index is 517. The van der Waals surface area contributed by atoms with E-state index in [0.29, 0.717) is 0 Å². The third-order valence-electron chi connectivity index (χ3n) is 2.76. The fraction of sp³-hybridized carbons (Fsp3) is 0.222. The van der Waals surface area contributed by atoms with Gasteiger partial charge in [0, 0.05) is 11.1 Å². The molecule has 0 saturated heterocycles. The van der Waals surface area contributed by atoms with Crippen molar-refractivity contribution >= 4 is 12.6 Å². The molecule has 0 atom stereocenters. The van der Waals surface area contributed by atoms with Gasteiger partial charge in [-0.1, -0.05) is 34.4 Å². The van der Waals surface area contributed by atoms with E-state index in [2.05, 4.69) is 0 Å². The summed E-state index contributed by atoms with van der Waals surface area (Å²) in [6.45, 7) is 7.94. The van der Waals surface area contributed by atoms with Gasteiger partial charge < -0.3 is 0 Å². The number of rotatable bonds is 2. The maximum absolute atomic E-state index is 10.3. The molecular formula is C18H20O2. The van der Waals surface area contributed by atoms with Crippen LogP contribution in [0, 0.1) is 27.7 Å². The van der Waals surface area contributed by atoms with E-state index in [0.717, 1.165) is 46.0 Å². The second kappa shape index (κ2) is 7.39. The van der Waals surface area contributed by atoms with Gasteiger partial charge in [0.25, 0.3) is 0 Å². The first-order chi connectivity index (χ1) is 9.44. The van der Waals surface area contributed by atoms with Crippen LogP contribution in [-0.4, -0.2) is 12.6 Å². The molecule has 0 aliphatic rings. The number of aryl methyl sites for hydroxylation is 4. The van der Waals surface area contributed by atoms with Gasteiger partial charge >= 0.3 is 0 Å². The summed E-state index contributed by atoms with van der Waals surface area (Å²) >= 11 is 0. The highest BCUT2D eigenvalue weighted by molar-refractivity contribution is 5.75. The molecular weight excluding hydrogens is 248 g/mol. The molecule has 0 amide bonds. The van der Waals surface area contributed by atoms with Crippen molar-refractivity contribution < 1.29 is 9.59 Å². The van der Waals surface area contributed by atoms with Crippen molar-refractivity contribution in [3.05, 3.63) is 69.8 Å². The smallest absolute Gasteiger partial charge is 0.150 e. The van der Waals surface area contributed by atoms with Crippen molar-refractivity contribution in [2.75, 3.05) is 0 Å². The van der Waals surface area contributed by atoms with Crippen molar-refractivity contribution in [2.45, 2.75) is 27.7 Å². The second-order valence-electron chi connectivity index (χ2n) is 5.08. The average molecular weight is 268 g/mol. The van der Waals surface area contributed by atoms with Crippen LogP contribution in [0.15, 0.2) is 36.4 Å². The molecule has 104 valence electrons. The fourth-order valence-corrected chi connectivity index (χ4v) is 2.16. The largest absolute Gasteiger partial charge is 0.298 e. The Morgan fingerprint density at radius 1 is 0.550 bits per heavy atom.